The summed E-state index contributed by atoms with van der Waals surface area (Å²) in [6, 6.07) is 12.9. The van der Waals surface area contributed by atoms with Gasteiger partial charge in [0, 0.05) is 37.1 Å². The van der Waals surface area contributed by atoms with E-state index in [9.17, 15) is 19.2 Å². The molecule has 1 amide bonds. The van der Waals surface area contributed by atoms with E-state index in [-0.39, 0.29) is 33.8 Å². The number of halogens is 1. The number of hydrogen-bond acceptors (Lipinski definition) is 6. The molecule has 2 aromatic carbocycles. The average molecular weight is 503 g/mol. The number of amides is 1. The van der Waals surface area contributed by atoms with Crippen molar-refractivity contribution >= 4 is 17.9 Å². The van der Waals surface area contributed by atoms with Crippen LogP contribution in [0.25, 0.3) is 22.4 Å². The predicted molar refractivity (Wildman–Crippen MR) is 137 cm³/mol. The molecule has 0 unspecified atom stereocenters. The number of carbonyl (C=O) groups excluding carboxylic acids is 2. The smallest absolute Gasteiger partial charge is 0.330 e. The highest BCUT2D eigenvalue weighted by Gasteiger charge is 2.19. The van der Waals surface area contributed by atoms with Gasteiger partial charge in [-0.15, -0.1) is 0 Å². The van der Waals surface area contributed by atoms with Crippen LogP contribution in [-0.2, 0) is 14.1 Å². The van der Waals surface area contributed by atoms with Crippen LogP contribution < -0.4 is 21.3 Å². The van der Waals surface area contributed by atoms with E-state index in [0.717, 1.165) is 9.13 Å². The molecule has 2 aromatic heterocycles. The Morgan fingerprint density at radius 1 is 1.03 bits per heavy atom. The summed E-state index contributed by atoms with van der Waals surface area (Å²) in [5.74, 6) is -1.16. The fourth-order valence-electron chi connectivity index (χ4n) is 4.01. The molecule has 0 spiro atoms. The number of pyridine rings is 1. The number of ether oxygens (including phenoxy) is 1. The zero-order valence-corrected chi connectivity index (χ0v) is 20.5. The van der Waals surface area contributed by atoms with Gasteiger partial charge < -0.3 is 14.6 Å². The lowest BCUT2D eigenvalue weighted by Crippen LogP contribution is -2.40. The van der Waals surface area contributed by atoms with Crippen molar-refractivity contribution in [3.05, 3.63) is 98.1 Å². The molecule has 188 valence electrons. The van der Waals surface area contributed by atoms with Gasteiger partial charge in [-0.1, -0.05) is 24.3 Å². The fraction of sp³-hybridized carbons (Fsp3) is 0.148. The third-order valence-corrected chi connectivity index (χ3v) is 6.05. The van der Waals surface area contributed by atoms with E-state index in [1.54, 1.807) is 43.3 Å². The van der Waals surface area contributed by atoms with E-state index >= 15 is 4.39 Å². The normalized spacial score (nSPS) is 10.7. The van der Waals surface area contributed by atoms with Crippen LogP contribution in [-0.4, -0.2) is 33.4 Å². The van der Waals surface area contributed by atoms with Gasteiger partial charge >= 0.3 is 5.69 Å². The third kappa shape index (κ3) is 4.56. The van der Waals surface area contributed by atoms with E-state index in [0.29, 0.717) is 23.1 Å². The minimum atomic E-state index is -0.725. The van der Waals surface area contributed by atoms with Crippen LogP contribution in [0.2, 0.25) is 0 Å². The first-order valence-electron chi connectivity index (χ1n) is 11.1. The maximum atomic E-state index is 15.8. The third-order valence-electron chi connectivity index (χ3n) is 6.05. The second-order valence-electron chi connectivity index (χ2n) is 8.31. The Balaban J connectivity index is 1.74. The summed E-state index contributed by atoms with van der Waals surface area (Å²) in [7, 11) is 4.11. The van der Waals surface area contributed by atoms with Crippen LogP contribution in [0.4, 0.5) is 10.1 Å². The molecule has 0 aliphatic rings. The summed E-state index contributed by atoms with van der Waals surface area (Å²) in [5, 5.41) is 2.69. The van der Waals surface area contributed by atoms with Gasteiger partial charge in [-0.25, -0.2) is 14.2 Å². The van der Waals surface area contributed by atoms with Crippen molar-refractivity contribution in [3.63, 3.8) is 0 Å². The van der Waals surface area contributed by atoms with E-state index in [1.807, 2.05) is 0 Å². The molecule has 37 heavy (non-hydrogen) atoms. The summed E-state index contributed by atoms with van der Waals surface area (Å²) >= 11 is 0. The largest absolute Gasteiger partial charge is 0.480 e. The van der Waals surface area contributed by atoms with Crippen molar-refractivity contribution in [2.45, 2.75) is 6.92 Å². The molecule has 1 N–H and O–H groups in total. The van der Waals surface area contributed by atoms with Gasteiger partial charge in [-0.3, -0.25) is 19.0 Å². The number of aldehydes is 1. The number of anilines is 1. The standard InChI is InChI=1S/C27H23FN4O5/c1-15-17(7-6-10-21(15)29-24(34)20-13-31(2)27(36)32(3)26(20)35)18-8-5-9-19(23(18)28)22-12-11-16(14-33)25(30-22)37-4/h5-14H,1-4H3,(H,29,34). The Labute approximate surface area is 210 Å². The molecular weight excluding hydrogens is 479 g/mol. The number of aryl methyl sites for hydroxylation is 1. The number of carbonyl (C=O) groups is 2. The lowest BCUT2D eigenvalue weighted by Gasteiger charge is -2.15. The number of methoxy groups -OCH3 is 1. The Hall–Kier alpha value is -4.86. The van der Waals surface area contributed by atoms with Gasteiger partial charge in [0.1, 0.15) is 11.4 Å². The Kier molecular flexibility index (Phi) is 6.83. The number of nitrogens with one attached hydrogen (secondary N) is 1. The van der Waals surface area contributed by atoms with Gasteiger partial charge in [0.2, 0.25) is 5.88 Å². The zero-order chi connectivity index (χ0) is 26.9. The molecule has 0 aliphatic carbocycles. The van der Waals surface area contributed by atoms with Crippen LogP contribution in [0, 0.1) is 12.7 Å². The number of hydrogen-bond donors (Lipinski definition) is 1. The van der Waals surface area contributed by atoms with Gasteiger partial charge in [0.05, 0.1) is 18.4 Å². The monoisotopic (exact) mass is 502 g/mol. The summed E-state index contributed by atoms with van der Waals surface area (Å²) in [5.41, 5.74) is 0.974. The Morgan fingerprint density at radius 2 is 1.70 bits per heavy atom. The lowest BCUT2D eigenvalue weighted by atomic mass is 9.95. The molecule has 0 fully saturated rings. The van der Waals surface area contributed by atoms with Crippen LogP contribution in [0.1, 0.15) is 26.3 Å². The molecule has 2 heterocycles. The van der Waals surface area contributed by atoms with E-state index in [2.05, 4.69) is 10.3 Å². The van der Waals surface area contributed by atoms with Crippen LogP contribution in [0.15, 0.2) is 64.3 Å². The van der Waals surface area contributed by atoms with Crippen molar-refractivity contribution in [1.82, 2.24) is 14.1 Å². The number of rotatable bonds is 6. The molecular formula is C27H23FN4O5. The van der Waals surface area contributed by atoms with Gasteiger partial charge in [0.15, 0.2) is 6.29 Å². The second kappa shape index (κ2) is 10.0. The summed E-state index contributed by atoms with van der Waals surface area (Å²) in [4.78, 5) is 52.8. The van der Waals surface area contributed by atoms with Crippen molar-refractivity contribution in [2.75, 3.05) is 12.4 Å². The average Bonchev–Trinajstić information content (AvgIpc) is 2.90. The van der Waals surface area contributed by atoms with Crippen LogP contribution in [0.3, 0.4) is 0 Å². The maximum absolute atomic E-state index is 15.8. The highest BCUT2D eigenvalue weighted by atomic mass is 19.1. The molecule has 4 aromatic rings. The molecule has 0 atom stereocenters. The Bertz CT molecular complexity index is 1670. The first-order valence-corrected chi connectivity index (χ1v) is 11.1. The van der Waals surface area contributed by atoms with Crippen molar-refractivity contribution in [1.29, 1.82) is 0 Å². The highest BCUT2D eigenvalue weighted by molar-refractivity contribution is 6.04. The first kappa shape index (κ1) is 25.2. The van der Waals surface area contributed by atoms with Crippen LogP contribution >= 0.6 is 0 Å². The molecule has 0 saturated heterocycles. The molecule has 0 aliphatic heterocycles. The minimum absolute atomic E-state index is 0.0859. The molecule has 0 bridgehead atoms. The minimum Gasteiger partial charge on any atom is -0.480 e. The quantitative estimate of drug-likeness (QED) is 0.405. The lowest BCUT2D eigenvalue weighted by molar-refractivity contribution is 0.102. The summed E-state index contributed by atoms with van der Waals surface area (Å²) in [6.07, 6.45) is 1.79. The van der Waals surface area contributed by atoms with Gasteiger partial charge in [0.25, 0.3) is 11.5 Å². The summed E-state index contributed by atoms with van der Waals surface area (Å²) in [6.45, 7) is 1.72. The van der Waals surface area contributed by atoms with Gasteiger partial charge in [-0.05, 0) is 42.3 Å². The van der Waals surface area contributed by atoms with E-state index in [4.69, 9.17) is 4.74 Å². The summed E-state index contributed by atoms with van der Waals surface area (Å²) < 4.78 is 22.9. The molecule has 4 rings (SSSR count). The maximum Gasteiger partial charge on any atom is 0.330 e. The van der Waals surface area contributed by atoms with Crippen molar-refractivity contribution in [2.24, 2.45) is 14.1 Å². The molecule has 10 heteroatoms. The molecule has 0 saturated carbocycles. The fourth-order valence-corrected chi connectivity index (χ4v) is 4.01. The van der Waals surface area contributed by atoms with Crippen LogP contribution in [0.5, 0.6) is 5.88 Å². The second-order valence-corrected chi connectivity index (χ2v) is 8.31. The Morgan fingerprint density at radius 3 is 2.41 bits per heavy atom. The highest BCUT2D eigenvalue weighted by Crippen LogP contribution is 2.35. The topological polar surface area (TPSA) is 112 Å². The zero-order valence-electron chi connectivity index (χ0n) is 20.5. The number of nitrogens with zero attached hydrogens (tertiary/aromatic N) is 3. The van der Waals surface area contributed by atoms with Crippen molar-refractivity contribution in [3.8, 4) is 28.3 Å². The SMILES string of the molecule is COc1nc(-c2cccc(-c3cccc(NC(=O)c4cn(C)c(=O)n(C)c4=O)c3C)c2F)ccc1C=O. The first-order chi connectivity index (χ1) is 17.7. The molecule has 9 nitrogen and oxygen atoms in total. The number of benzene rings is 2. The predicted octanol–water partition coefficient (Wildman–Crippen LogP) is 3.33. The van der Waals surface area contributed by atoms with E-state index in [1.165, 1.54) is 39.5 Å². The van der Waals surface area contributed by atoms with E-state index < -0.39 is 23.0 Å². The number of aromatic nitrogens is 3. The molecule has 0 radical (unpaired) electrons. The van der Waals surface area contributed by atoms with Crippen molar-refractivity contribution < 1.29 is 18.7 Å². The van der Waals surface area contributed by atoms with Gasteiger partial charge in [-0.2, -0.15) is 0 Å².